The van der Waals surface area contributed by atoms with E-state index in [-0.39, 0.29) is 17.2 Å². The fourth-order valence-corrected chi connectivity index (χ4v) is 2.43. The molecule has 2 N–H and O–H groups in total. The first kappa shape index (κ1) is 12.7. The molecule has 0 saturated carbocycles. The van der Waals surface area contributed by atoms with Gasteiger partial charge in [0.25, 0.3) is 0 Å². The van der Waals surface area contributed by atoms with Crippen LogP contribution in [0, 0.1) is 0 Å². The lowest BCUT2D eigenvalue weighted by Crippen LogP contribution is -1.97. The Kier molecular flexibility index (Phi) is 2.96. The molecule has 0 heterocycles. The van der Waals surface area contributed by atoms with Crippen LogP contribution in [-0.2, 0) is 11.4 Å². The number of hydrogen-bond acceptors (Lipinski definition) is 5. The zero-order valence-corrected chi connectivity index (χ0v) is 10.9. The maximum Gasteiger partial charge on any atom is 0.139 e. The first-order valence-electron chi connectivity index (χ1n) is 5.70. The molecule has 3 aromatic rings. The first-order chi connectivity index (χ1) is 9.54. The smallest absolute Gasteiger partial charge is 0.139 e. The molecule has 0 radical (unpaired) electrons. The van der Waals surface area contributed by atoms with Gasteiger partial charge in [-0.3, -0.25) is 0 Å². The maximum absolute atomic E-state index is 10.5. The molecule has 0 aliphatic heterocycles. The van der Waals surface area contributed by atoms with E-state index < -0.39 is 11.4 Å². The van der Waals surface area contributed by atoms with Crippen molar-refractivity contribution < 1.29 is 23.2 Å². The van der Waals surface area contributed by atoms with Crippen LogP contribution in [0.4, 0.5) is 0 Å². The van der Waals surface area contributed by atoms with Gasteiger partial charge in [-0.1, -0.05) is 6.07 Å². The molecule has 0 aromatic heterocycles. The summed E-state index contributed by atoms with van der Waals surface area (Å²) in [5, 5.41) is 22.1. The van der Waals surface area contributed by atoms with Crippen molar-refractivity contribution >= 4 is 32.9 Å². The number of phenolic OH excluding ortho intramolecular Hbond substituents is 2. The van der Waals surface area contributed by atoms with Gasteiger partial charge in [0.05, 0.1) is 0 Å². The highest BCUT2D eigenvalue weighted by molar-refractivity contribution is 7.74. The molecule has 5 nitrogen and oxygen atoms in total. The molecular weight excluding hydrogens is 280 g/mol. The summed E-state index contributed by atoms with van der Waals surface area (Å²) in [6.07, 6.45) is 0. The van der Waals surface area contributed by atoms with Gasteiger partial charge in [0.15, 0.2) is 0 Å². The van der Waals surface area contributed by atoms with Crippen molar-refractivity contribution in [3.63, 3.8) is 0 Å². The van der Waals surface area contributed by atoms with Crippen molar-refractivity contribution in [1.29, 1.82) is 0 Å². The van der Waals surface area contributed by atoms with E-state index in [9.17, 15) is 19.0 Å². The minimum Gasteiger partial charge on any atom is -0.740 e. The highest BCUT2D eigenvalue weighted by atomic mass is 32.2. The van der Waals surface area contributed by atoms with Crippen LogP contribution in [0.5, 0.6) is 17.2 Å². The zero-order valence-electron chi connectivity index (χ0n) is 10.1. The molecule has 0 aliphatic rings. The molecule has 1 unspecified atom stereocenters. The predicted molar refractivity (Wildman–Crippen MR) is 74.3 cm³/mol. The van der Waals surface area contributed by atoms with Gasteiger partial charge in [-0.25, -0.2) is 4.21 Å². The minimum atomic E-state index is -2.63. The van der Waals surface area contributed by atoms with Crippen molar-refractivity contribution in [2.75, 3.05) is 0 Å². The highest BCUT2D eigenvalue weighted by Crippen LogP contribution is 2.35. The van der Waals surface area contributed by atoms with Gasteiger partial charge in [0.1, 0.15) is 28.6 Å². The Labute approximate surface area is 116 Å². The van der Waals surface area contributed by atoms with E-state index in [1.54, 1.807) is 24.3 Å². The molecule has 20 heavy (non-hydrogen) atoms. The minimum absolute atomic E-state index is 0.0402. The number of aromatic hydroxyl groups is 2. The molecule has 3 rings (SSSR count). The maximum atomic E-state index is 10.5. The van der Waals surface area contributed by atoms with Crippen molar-refractivity contribution in [3.05, 3.63) is 42.5 Å². The van der Waals surface area contributed by atoms with Crippen LogP contribution in [-0.4, -0.2) is 19.0 Å². The average molecular weight is 289 g/mol. The van der Waals surface area contributed by atoms with Crippen LogP contribution in [0.2, 0.25) is 0 Å². The molecule has 0 aliphatic carbocycles. The van der Waals surface area contributed by atoms with Crippen molar-refractivity contribution in [2.45, 2.75) is 0 Å². The van der Waals surface area contributed by atoms with Gasteiger partial charge in [-0.2, -0.15) is 0 Å². The Bertz CT molecular complexity index is 844. The largest absolute Gasteiger partial charge is 0.740 e. The van der Waals surface area contributed by atoms with Gasteiger partial charge in [-0.15, -0.1) is 0 Å². The Morgan fingerprint density at radius 3 is 2.10 bits per heavy atom. The number of fused-ring (bicyclic) bond motifs is 2. The van der Waals surface area contributed by atoms with Gasteiger partial charge in [0.2, 0.25) is 0 Å². The zero-order chi connectivity index (χ0) is 14.3. The third-order valence-corrected chi connectivity index (χ3v) is 3.39. The van der Waals surface area contributed by atoms with Crippen LogP contribution < -0.4 is 4.18 Å². The first-order valence-corrected chi connectivity index (χ1v) is 6.70. The van der Waals surface area contributed by atoms with Crippen LogP contribution in [0.15, 0.2) is 42.5 Å². The molecule has 0 saturated heterocycles. The summed E-state index contributed by atoms with van der Waals surface area (Å²) in [6.45, 7) is 0. The third kappa shape index (κ3) is 2.15. The fourth-order valence-electron chi connectivity index (χ4n) is 2.17. The number of rotatable bonds is 2. The standard InChI is InChI=1S/C14H10O5S/c15-13-3-4-14(16)12-7-9-5-10(19-20(17)18)2-1-8(9)6-11(12)13/h1-7,15-16H,(H,17,18)/p-1. The monoisotopic (exact) mass is 289 g/mol. The van der Waals surface area contributed by atoms with Crippen LogP contribution >= 0.6 is 0 Å². The second kappa shape index (κ2) is 4.66. The lowest BCUT2D eigenvalue weighted by Gasteiger charge is -2.09. The second-order valence-electron chi connectivity index (χ2n) is 4.30. The van der Waals surface area contributed by atoms with Crippen LogP contribution in [0.25, 0.3) is 21.5 Å². The number of phenols is 2. The van der Waals surface area contributed by atoms with E-state index in [4.69, 9.17) is 0 Å². The van der Waals surface area contributed by atoms with Crippen molar-refractivity contribution in [2.24, 2.45) is 0 Å². The van der Waals surface area contributed by atoms with Gasteiger partial charge in [0, 0.05) is 10.8 Å². The van der Waals surface area contributed by atoms with E-state index in [1.807, 2.05) is 0 Å². The Hall–Kier alpha value is -2.31. The molecular formula is C14H9O5S-. The Balaban J connectivity index is 2.28. The molecule has 1 atom stereocenters. The van der Waals surface area contributed by atoms with Gasteiger partial charge < -0.3 is 18.9 Å². The van der Waals surface area contributed by atoms with Crippen molar-refractivity contribution in [3.8, 4) is 17.2 Å². The SMILES string of the molecule is O=S([O-])Oc1ccc2cc3c(O)ccc(O)c3cc2c1. The van der Waals surface area contributed by atoms with E-state index in [0.29, 0.717) is 16.2 Å². The van der Waals surface area contributed by atoms with Crippen molar-refractivity contribution in [1.82, 2.24) is 0 Å². The third-order valence-electron chi connectivity index (χ3n) is 3.06. The summed E-state index contributed by atoms with van der Waals surface area (Å²) < 4.78 is 25.6. The van der Waals surface area contributed by atoms with Crippen LogP contribution in [0.1, 0.15) is 0 Å². The van der Waals surface area contributed by atoms with Gasteiger partial charge in [-0.05, 0) is 47.2 Å². The molecule has 3 aromatic carbocycles. The molecule has 0 bridgehead atoms. The average Bonchev–Trinajstić information content (AvgIpc) is 2.41. The lowest BCUT2D eigenvalue weighted by atomic mass is 10.0. The van der Waals surface area contributed by atoms with E-state index in [2.05, 4.69) is 4.18 Å². The Morgan fingerprint density at radius 2 is 1.50 bits per heavy atom. The summed E-state index contributed by atoms with van der Waals surface area (Å²) in [6, 6.07) is 11.0. The highest BCUT2D eigenvalue weighted by Gasteiger charge is 2.07. The van der Waals surface area contributed by atoms with Crippen LogP contribution in [0.3, 0.4) is 0 Å². The summed E-state index contributed by atoms with van der Waals surface area (Å²) in [4.78, 5) is 0. The Morgan fingerprint density at radius 1 is 0.900 bits per heavy atom. The summed E-state index contributed by atoms with van der Waals surface area (Å²) >= 11 is -2.63. The van der Waals surface area contributed by atoms with E-state index in [0.717, 1.165) is 5.39 Å². The fraction of sp³-hybridized carbons (Fsp3) is 0. The summed E-state index contributed by atoms with van der Waals surface area (Å²) in [5.41, 5.74) is 0. The number of benzene rings is 3. The quantitative estimate of drug-likeness (QED) is 0.430. The van der Waals surface area contributed by atoms with E-state index in [1.165, 1.54) is 18.2 Å². The summed E-state index contributed by atoms with van der Waals surface area (Å²) in [7, 11) is 0. The molecule has 0 fully saturated rings. The molecule has 6 heteroatoms. The lowest BCUT2D eigenvalue weighted by molar-refractivity contribution is 0.440. The summed E-state index contributed by atoms with van der Waals surface area (Å²) in [5.74, 6) is 0.295. The molecule has 0 spiro atoms. The molecule has 102 valence electrons. The molecule has 0 amide bonds. The normalized spacial score (nSPS) is 12.7. The van der Waals surface area contributed by atoms with E-state index >= 15 is 0 Å². The predicted octanol–water partition coefficient (Wildman–Crippen LogP) is 2.58. The number of hydrogen-bond donors (Lipinski definition) is 2. The van der Waals surface area contributed by atoms with Gasteiger partial charge >= 0.3 is 0 Å². The topological polar surface area (TPSA) is 89.8 Å². The second-order valence-corrected chi connectivity index (χ2v) is 4.87.